The Bertz CT molecular complexity index is 2630. The summed E-state index contributed by atoms with van der Waals surface area (Å²) in [6.45, 7) is 1.77. The number of carboxylic acid groups (broad SMARTS) is 1. The summed E-state index contributed by atoms with van der Waals surface area (Å²) in [6, 6.07) is 64.7. The molecule has 0 aliphatic heterocycles. The van der Waals surface area contributed by atoms with Gasteiger partial charge in [0.1, 0.15) is 39.6 Å². The van der Waals surface area contributed by atoms with Gasteiger partial charge >= 0.3 is 41.5 Å². The number of hydrogen-bond acceptors (Lipinski definition) is 10. The van der Waals surface area contributed by atoms with Gasteiger partial charge in [0.2, 0.25) is 11.5 Å². The first-order valence-electron chi connectivity index (χ1n) is 21.6. The van der Waals surface area contributed by atoms with Crippen LogP contribution in [0.4, 0.5) is 0 Å². The second-order valence-electron chi connectivity index (χ2n) is 15.0. The van der Waals surface area contributed by atoms with Crippen molar-refractivity contribution in [2.45, 2.75) is 39.6 Å². The molecule has 8 aromatic rings. The van der Waals surface area contributed by atoms with Crippen LogP contribution in [0.25, 0.3) is 0 Å². The van der Waals surface area contributed by atoms with Gasteiger partial charge in [-0.1, -0.05) is 182 Å². The van der Waals surface area contributed by atoms with E-state index in [1.54, 1.807) is 12.1 Å². The predicted molar refractivity (Wildman–Crippen MR) is 258 cm³/mol. The molecular weight excluding hydrogens is 884 g/mol. The van der Waals surface area contributed by atoms with Crippen molar-refractivity contribution in [1.29, 1.82) is 0 Å². The maximum absolute atomic E-state index is 12.4. The molecule has 8 aromatic carbocycles. The number of carbonyl (C=O) groups is 2. The number of esters is 1. The van der Waals surface area contributed by atoms with Gasteiger partial charge in [-0.25, -0.2) is 9.59 Å². The minimum atomic E-state index is -1.07. The first kappa shape index (κ1) is 52.4. The molecule has 0 aliphatic rings. The molecule has 69 heavy (non-hydrogen) atoms. The van der Waals surface area contributed by atoms with E-state index in [1.165, 1.54) is 19.2 Å². The number of hydrogen-bond donors (Lipinski definition) is 1. The Hall–Kier alpha value is -7.54. The number of carboxylic acids is 1. The molecule has 0 bridgehead atoms. The van der Waals surface area contributed by atoms with E-state index in [1.807, 2.05) is 182 Å². The summed E-state index contributed by atoms with van der Waals surface area (Å²) in [4.78, 5) is 24.2. The monoisotopic (exact) mass is 934 g/mol. The van der Waals surface area contributed by atoms with Gasteiger partial charge in [0.25, 0.3) is 0 Å². The van der Waals surface area contributed by atoms with Gasteiger partial charge in [0, 0.05) is 0 Å². The van der Waals surface area contributed by atoms with E-state index in [2.05, 4.69) is 0 Å². The smallest absolute Gasteiger partial charge is 0.870 e. The molecule has 0 fully saturated rings. The second kappa shape index (κ2) is 27.9. The van der Waals surface area contributed by atoms with Crippen molar-refractivity contribution >= 4 is 11.9 Å². The number of carbonyl (C=O) groups excluding carboxylic acids is 1. The van der Waals surface area contributed by atoms with Gasteiger partial charge in [-0.15, -0.1) is 0 Å². The molecule has 346 valence electrons. The van der Waals surface area contributed by atoms with E-state index < -0.39 is 11.9 Å². The Morgan fingerprint density at radius 1 is 0.362 bits per heavy atom. The summed E-state index contributed by atoms with van der Waals surface area (Å²) in [6.07, 6.45) is 0. The van der Waals surface area contributed by atoms with Crippen molar-refractivity contribution in [2.24, 2.45) is 0 Å². The first-order chi connectivity index (χ1) is 32.9. The van der Waals surface area contributed by atoms with Crippen LogP contribution in [0.5, 0.6) is 34.5 Å². The van der Waals surface area contributed by atoms with E-state index in [4.69, 9.17) is 33.2 Å². The van der Waals surface area contributed by atoms with Crippen LogP contribution in [-0.4, -0.2) is 29.6 Å². The fraction of sp³-hybridized carbons (Fsp3) is 0.123. The van der Waals surface area contributed by atoms with Crippen molar-refractivity contribution in [2.75, 3.05) is 7.11 Å². The molecule has 0 aromatic heterocycles. The van der Waals surface area contributed by atoms with Crippen LogP contribution in [0.15, 0.2) is 206 Å². The van der Waals surface area contributed by atoms with Crippen molar-refractivity contribution < 1.29 is 82.9 Å². The van der Waals surface area contributed by atoms with E-state index in [0.717, 1.165) is 33.4 Å². The van der Waals surface area contributed by atoms with Crippen LogP contribution in [0.3, 0.4) is 0 Å². The van der Waals surface area contributed by atoms with Crippen molar-refractivity contribution in [1.82, 2.24) is 0 Å². The topological polar surface area (TPSA) is 149 Å². The van der Waals surface area contributed by atoms with Crippen LogP contribution in [0.1, 0.15) is 54.1 Å². The Morgan fingerprint density at radius 3 is 0.797 bits per heavy atom. The number of benzene rings is 8. The summed E-state index contributed by atoms with van der Waals surface area (Å²) in [7, 11) is 1.34. The fourth-order valence-electron chi connectivity index (χ4n) is 6.63. The number of methoxy groups -OCH3 is 1. The summed E-state index contributed by atoms with van der Waals surface area (Å²) in [5, 5.41) is 9.65. The Kier molecular flexibility index (Phi) is 21.2. The summed E-state index contributed by atoms with van der Waals surface area (Å²) in [5.74, 6) is 0.702. The molecule has 0 saturated carbocycles. The normalized spacial score (nSPS) is 10.1. The van der Waals surface area contributed by atoms with E-state index in [-0.39, 0.29) is 60.4 Å². The maximum atomic E-state index is 12.4. The summed E-state index contributed by atoms with van der Waals surface area (Å²) in [5.41, 5.74) is 6.26. The Balaban J connectivity index is 0.000000250. The molecule has 0 heterocycles. The molecule has 0 amide bonds. The molecule has 0 spiro atoms. The third-order valence-corrected chi connectivity index (χ3v) is 10.1. The van der Waals surface area contributed by atoms with E-state index in [0.29, 0.717) is 59.9 Å². The number of ether oxygens (including phenoxy) is 7. The maximum Gasteiger partial charge on any atom is 1.00 e. The van der Waals surface area contributed by atoms with Gasteiger partial charge in [-0.3, -0.25) is 0 Å². The van der Waals surface area contributed by atoms with Crippen LogP contribution >= 0.6 is 0 Å². The van der Waals surface area contributed by atoms with Crippen molar-refractivity contribution in [3.63, 3.8) is 0 Å². The van der Waals surface area contributed by atoms with E-state index >= 15 is 0 Å². The minimum Gasteiger partial charge on any atom is -0.870 e. The van der Waals surface area contributed by atoms with Gasteiger partial charge in [-0.05, 0) is 57.6 Å². The zero-order valence-electron chi connectivity index (χ0n) is 38.4. The molecule has 8 rings (SSSR count). The van der Waals surface area contributed by atoms with Crippen LogP contribution in [-0.2, 0) is 44.4 Å². The van der Waals surface area contributed by atoms with Crippen LogP contribution < -0.4 is 58.0 Å². The van der Waals surface area contributed by atoms with Crippen LogP contribution in [0, 0.1) is 0 Å². The third kappa shape index (κ3) is 16.3. The Morgan fingerprint density at radius 2 is 0.580 bits per heavy atom. The molecule has 0 aliphatic carbocycles. The van der Waals surface area contributed by atoms with Gasteiger partial charge in [-0.2, -0.15) is 0 Å². The molecular formula is C57H51NaO11. The summed E-state index contributed by atoms with van der Waals surface area (Å²) < 4.78 is 41.6. The molecule has 0 unspecified atom stereocenters. The zero-order chi connectivity index (χ0) is 46.5. The third-order valence-electron chi connectivity index (χ3n) is 10.1. The second-order valence-corrected chi connectivity index (χ2v) is 15.0. The number of rotatable bonds is 20. The van der Waals surface area contributed by atoms with Gasteiger partial charge in [0.05, 0.1) is 18.2 Å². The number of aromatic carboxylic acids is 1. The van der Waals surface area contributed by atoms with Crippen molar-refractivity contribution in [3.05, 3.63) is 251 Å². The van der Waals surface area contributed by atoms with Gasteiger partial charge < -0.3 is 43.7 Å². The fourth-order valence-corrected chi connectivity index (χ4v) is 6.63. The average molecular weight is 935 g/mol. The largest absolute Gasteiger partial charge is 1.00 e. The average Bonchev–Trinajstić information content (AvgIpc) is 3.39. The molecule has 0 radical (unpaired) electrons. The van der Waals surface area contributed by atoms with Crippen molar-refractivity contribution in [3.8, 4) is 34.5 Å². The molecule has 0 saturated heterocycles. The first-order valence-corrected chi connectivity index (χ1v) is 21.6. The van der Waals surface area contributed by atoms with Crippen LogP contribution in [0.2, 0.25) is 0 Å². The molecule has 11 nitrogen and oxygen atoms in total. The predicted octanol–water partition coefficient (Wildman–Crippen LogP) is 9.16. The zero-order valence-corrected chi connectivity index (χ0v) is 40.4. The molecule has 2 N–H and O–H groups in total. The summed E-state index contributed by atoms with van der Waals surface area (Å²) >= 11 is 0. The Labute approximate surface area is 424 Å². The SMILES string of the molecule is COC(=O)c1cc(OCc2ccccc2)c(OCc2ccccc2)c(OCc2ccccc2)c1.O=C(O)c1cc(OCc2ccccc2)c(OCc2ccccc2)c(OCc2ccccc2)c1.[Na+].[OH-]. The molecule has 12 heteroatoms. The quantitative estimate of drug-likeness (QED) is 0.0576. The minimum absolute atomic E-state index is 0. The molecule has 0 atom stereocenters. The standard InChI is InChI=1S/C29H26O5.C28H24O5.Na.H2O/c1-31-29(30)25-17-26(32-19-22-11-5-2-6-12-22)28(34-21-24-15-9-4-10-16-24)27(18-25)33-20-23-13-7-3-8-14-23;29-28(30)24-16-25(31-18-21-10-4-1-5-11-21)27(33-20-23-14-8-3-9-15-23)26(17-24)32-19-22-12-6-2-7-13-22;;/h2-18H,19-21H2,1H3;1-17H,18-20H2,(H,29,30);;1H2/q;;+1;/p-1. The van der Waals surface area contributed by atoms with E-state index in [9.17, 15) is 14.7 Å². The van der Waals surface area contributed by atoms with Gasteiger partial charge in [0.15, 0.2) is 23.0 Å².